The quantitative estimate of drug-likeness (QED) is 0.770. The Balaban J connectivity index is 1.48. The molecule has 1 fully saturated rings. The first-order chi connectivity index (χ1) is 12.3. The zero-order valence-corrected chi connectivity index (χ0v) is 14.2. The van der Waals surface area contributed by atoms with Gasteiger partial charge in [-0.05, 0) is 41.0 Å². The lowest BCUT2D eigenvalue weighted by Crippen LogP contribution is -2.45. The van der Waals surface area contributed by atoms with Crippen LogP contribution < -0.4 is 0 Å². The minimum Gasteiger partial charge on any atom is -0.467 e. The zero-order valence-electron chi connectivity index (χ0n) is 14.2. The van der Waals surface area contributed by atoms with Gasteiger partial charge in [-0.3, -0.25) is 4.90 Å². The molecule has 4 nitrogen and oxygen atoms in total. The van der Waals surface area contributed by atoms with Crippen LogP contribution >= 0.6 is 0 Å². The Bertz CT molecular complexity index is 815. The first-order valence-electron chi connectivity index (χ1n) is 8.80. The largest absolute Gasteiger partial charge is 0.467 e. The first-order valence-corrected chi connectivity index (χ1v) is 8.80. The molecule has 2 aromatic carbocycles. The monoisotopic (exact) mass is 337 g/mol. The molecule has 0 amide bonds. The maximum Gasteiger partial charge on any atom is 0.132 e. The number of fused-ring (bicyclic) bond motifs is 1. The van der Waals surface area contributed by atoms with Gasteiger partial charge in [-0.25, -0.2) is 0 Å². The third-order valence-electron chi connectivity index (χ3n) is 4.92. The fourth-order valence-electron chi connectivity index (χ4n) is 3.54. The third kappa shape index (κ3) is 3.76. The van der Waals surface area contributed by atoms with Gasteiger partial charge in [0.2, 0.25) is 0 Å². The second-order valence-electron chi connectivity index (χ2n) is 6.65. The lowest BCUT2D eigenvalue weighted by Gasteiger charge is -2.36. The van der Waals surface area contributed by atoms with Gasteiger partial charge in [-0.1, -0.05) is 36.4 Å². The fraction of sp³-hybridized carbons (Fsp3) is 0.333. The van der Waals surface area contributed by atoms with Crippen molar-refractivity contribution in [2.24, 2.45) is 0 Å². The molecule has 1 saturated heterocycles. The highest BCUT2D eigenvalue weighted by molar-refractivity contribution is 5.82. The predicted octanol–water partition coefficient (Wildman–Crippen LogP) is 3.76. The third-order valence-corrected chi connectivity index (χ3v) is 4.92. The van der Waals surface area contributed by atoms with Crippen molar-refractivity contribution in [1.82, 2.24) is 4.90 Å². The molecule has 0 spiro atoms. The van der Waals surface area contributed by atoms with Crippen molar-refractivity contribution in [3.8, 4) is 0 Å². The van der Waals surface area contributed by atoms with E-state index in [9.17, 15) is 5.11 Å². The molecule has 25 heavy (non-hydrogen) atoms. The Kier molecular flexibility index (Phi) is 4.83. The number of furan rings is 1. The summed E-state index contributed by atoms with van der Waals surface area (Å²) in [5, 5.41) is 12.9. The Morgan fingerprint density at radius 1 is 1.08 bits per heavy atom. The van der Waals surface area contributed by atoms with E-state index in [0.717, 1.165) is 19.7 Å². The summed E-state index contributed by atoms with van der Waals surface area (Å²) in [6, 6.07) is 18.9. The molecule has 2 atom stereocenters. The molecule has 1 aliphatic heterocycles. The van der Waals surface area contributed by atoms with Crippen LogP contribution in [-0.2, 0) is 11.3 Å². The Labute approximate surface area is 147 Å². The second kappa shape index (κ2) is 7.40. The highest BCUT2D eigenvalue weighted by Gasteiger charge is 2.27. The highest BCUT2D eigenvalue weighted by atomic mass is 16.5. The Hall–Kier alpha value is -2.14. The van der Waals surface area contributed by atoms with Crippen molar-refractivity contribution in [3.05, 3.63) is 72.2 Å². The standard InChI is InChI=1S/C21H23NO3/c23-20(21-6-3-10-25-21)13-19-15-24-11-9-22(19)14-16-7-8-17-4-1-2-5-18(17)12-16/h1-8,10,12,19-20,23H,9,11,13-15H2. The minimum atomic E-state index is -0.596. The summed E-state index contributed by atoms with van der Waals surface area (Å²) in [5.41, 5.74) is 1.29. The SMILES string of the molecule is OC(CC1COCCN1Cc1ccc2ccccc2c1)c1ccco1. The Morgan fingerprint density at radius 2 is 1.96 bits per heavy atom. The van der Waals surface area contributed by atoms with Gasteiger partial charge in [0.05, 0.1) is 19.5 Å². The van der Waals surface area contributed by atoms with Gasteiger partial charge in [0.15, 0.2) is 0 Å². The first kappa shape index (κ1) is 16.3. The van der Waals surface area contributed by atoms with E-state index in [0.29, 0.717) is 18.8 Å². The van der Waals surface area contributed by atoms with Crippen molar-refractivity contribution < 1.29 is 14.3 Å². The van der Waals surface area contributed by atoms with E-state index in [1.165, 1.54) is 16.3 Å². The van der Waals surface area contributed by atoms with Crippen LogP contribution in [0.1, 0.15) is 23.8 Å². The number of hydrogen-bond acceptors (Lipinski definition) is 4. The molecule has 1 aromatic heterocycles. The molecular weight excluding hydrogens is 314 g/mol. The van der Waals surface area contributed by atoms with Gasteiger partial charge < -0.3 is 14.3 Å². The number of ether oxygens (including phenoxy) is 1. The molecule has 1 aliphatic rings. The number of hydrogen-bond donors (Lipinski definition) is 1. The molecule has 0 radical (unpaired) electrons. The molecular formula is C21H23NO3. The second-order valence-corrected chi connectivity index (χ2v) is 6.65. The van der Waals surface area contributed by atoms with Crippen molar-refractivity contribution in [2.45, 2.75) is 25.1 Å². The molecule has 0 aliphatic carbocycles. The van der Waals surface area contributed by atoms with Crippen LogP contribution in [0.25, 0.3) is 10.8 Å². The van der Waals surface area contributed by atoms with Crippen LogP contribution in [0.15, 0.2) is 65.3 Å². The number of rotatable bonds is 5. The van der Waals surface area contributed by atoms with Gasteiger partial charge in [-0.2, -0.15) is 0 Å². The van der Waals surface area contributed by atoms with Crippen molar-refractivity contribution in [3.63, 3.8) is 0 Å². The molecule has 3 aromatic rings. The highest BCUT2D eigenvalue weighted by Crippen LogP contribution is 2.25. The molecule has 4 heteroatoms. The van der Waals surface area contributed by atoms with E-state index < -0.39 is 6.10 Å². The smallest absolute Gasteiger partial charge is 0.132 e. The molecule has 130 valence electrons. The summed E-state index contributed by atoms with van der Waals surface area (Å²) < 4.78 is 11.0. The maximum atomic E-state index is 10.4. The average Bonchev–Trinajstić information content (AvgIpc) is 3.18. The van der Waals surface area contributed by atoms with Crippen molar-refractivity contribution in [2.75, 3.05) is 19.8 Å². The van der Waals surface area contributed by atoms with E-state index in [-0.39, 0.29) is 6.04 Å². The summed E-state index contributed by atoms with van der Waals surface area (Å²) in [7, 11) is 0. The van der Waals surface area contributed by atoms with Gasteiger partial charge in [0.25, 0.3) is 0 Å². The maximum absolute atomic E-state index is 10.4. The predicted molar refractivity (Wildman–Crippen MR) is 97.2 cm³/mol. The Morgan fingerprint density at radius 3 is 2.80 bits per heavy atom. The number of morpholine rings is 1. The van der Waals surface area contributed by atoms with Crippen LogP contribution in [0.4, 0.5) is 0 Å². The summed E-state index contributed by atoms with van der Waals surface area (Å²) in [6.45, 7) is 3.12. The van der Waals surface area contributed by atoms with Crippen LogP contribution in [-0.4, -0.2) is 35.8 Å². The summed E-state index contributed by atoms with van der Waals surface area (Å²) in [4.78, 5) is 2.40. The van der Waals surface area contributed by atoms with Gasteiger partial charge in [0, 0.05) is 19.1 Å². The summed E-state index contributed by atoms with van der Waals surface area (Å²) in [5.74, 6) is 0.622. The molecule has 1 N–H and O–H groups in total. The molecule has 0 saturated carbocycles. The number of aliphatic hydroxyl groups is 1. The van der Waals surface area contributed by atoms with Crippen molar-refractivity contribution >= 4 is 10.8 Å². The lowest BCUT2D eigenvalue weighted by molar-refractivity contribution is -0.0322. The molecule has 4 rings (SSSR count). The number of benzene rings is 2. The van der Waals surface area contributed by atoms with E-state index in [1.54, 1.807) is 6.26 Å². The average molecular weight is 337 g/mol. The minimum absolute atomic E-state index is 0.181. The number of nitrogens with zero attached hydrogens (tertiary/aromatic N) is 1. The molecule has 2 heterocycles. The fourth-order valence-corrected chi connectivity index (χ4v) is 3.54. The van der Waals surface area contributed by atoms with Gasteiger partial charge in [-0.15, -0.1) is 0 Å². The normalized spacial score (nSPS) is 20.0. The van der Waals surface area contributed by atoms with Gasteiger partial charge >= 0.3 is 0 Å². The van der Waals surface area contributed by atoms with E-state index >= 15 is 0 Å². The molecule has 2 unspecified atom stereocenters. The van der Waals surface area contributed by atoms with Gasteiger partial charge in [0.1, 0.15) is 11.9 Å². The topological polar surface area (TPSA) is 45.8 Å². The van der Waals surface area contributed by atoms with Crippen LogP contribution in [0.5, 0.6) is 0 Å². The van der Waals surface area contributed by atoms with Crippen molar-refractivity contribution in [1.29, 1.82) is 0 Å². The van der Waals surface area contributed by atoms with Crippen LogP contribution in [0, 0.1) is 0 Å². The summed E-state index contributed by atoms with van der Waals surface area (Å²) in [6.07, 6.45) is 1.62. The van der Waals surface area contributed by atoms with E-state index in [4.69, 9.17) is 9.15 Å². The summed E-state index contributed by atoms with van der Waals surface area (Å²) >= 11 is 0. The zero-order chi connectivity index (χ0) is 17.1. The van der Waals surface area contributed by atoms with Crippen LogP contribution in [0.2, 0.25) is 0 Å². The van der Waals surface area contributed by atoms with E-state index in [2.05, 4.69) is 47.4 Å². The molecule has 0 bridgehead atoms. The number of aliphatic hydroxyl groups excluding tert-OH is 1. The van der Waals surface area contributed by atoms with E-state index in [1.807, 2.05) is 12.1 Å². The lowest BCUT2D eigenvalue weighted by atomic mass is 10.0. The van der Waals surface area contributed by atoms with Crippen LogP contribution in [0.3, 0.4) is 0 Å².